The van der Waals surface area contributed by atoms with Crippen molar-refractivity contribution in [3.63, 3.8) is 0 Å². The van der Waals surface area contributed by atoms with Crippen LogP contribution < -0.4 is 5.32 Å². The molecule has 0 saturated heterocycles. The summed E-state index contributed by atoms with van der Waals surface area (Å²) in [4.78, 5) is 4.41. The molecule has 0 bridgehead atoms. The fraction of sp³-hybridized carbons (Fsp3) is 0.364. The first-order valence-electron chi connectivity index (χ1n) is 4.65. The highest BCUT2D eigenvalue weighted by Crippen LogP contribution is 2.00. The molecule has 0 aliphatic heterocycles. The number of hydrogen-bond donors (Lipinski definition) is 1. The van der Waals surface area contributed by atoms with Gasteiger partial charge in [0.1, 0.15) is 0 Å². The molecule has 0 radical (unpaired) electrons. The van der Waals surface area contributed by atoms with Crippen molar-refractivity contribution >= 4 is 0 Å². The lowest BCUT2D eigenvalue weighted by atomic mass is 10.3. The number of nitrogens with zero attached hydrogens (tertiary/aromatic N) is 1. The minimum Gasteiger partial charge on any atom is -0.371 e. The Hall–Kier alpha value is -1.19. The maximum absolute atomic E-state index is 5.30. The fourth-order valence-corrected chi connectivity index (χ4v) is 1.14. The molecule has 0 aliphatic carbocycles. The SMILES string of the molecule is C=CCOCc1cccc(CNC)n1. The van der Waals surface area contributed by atoms with Crippen LogP contribution >= 0.6 is 0 Å². The molecular weight excluding hydrogens is 176 g/mol. The lowest BCUT2D eigenvalue weighted by molar-refractivity contribution is 0.146. The second kappa shape index (κ2) is 6.29. The Kier molecular flexibility index (Phi) is 4.89. The molecule has 0 atom stereocenters. The quantitative estimate of drug-likeness (QED) is 0.548. The van der Waals surface area contributed by atoms with E-state index in [0.717, 1.165) is 17.9 Å². The molecule has 0 aromatic carbocycles. The van der Waals surface area contributed by atoms with Crippen LogP contribution in [0.4, 0.5) is 0 Å². The molecule has 1 aromatic heterocycles. The van der Waals surface area contributed by atoms with Gasteiger partial charge in [0.25, 0.3) is 0 Å². The summed E-state index contributed by atoms with van der Waals surface area (Å²) < 4.78 is 5.30. The van der Waals surface area contributed by atoms with Gasteiger partial charge in [-0.3, -0.25) is 4.98 Å². The zero-order valence-corrected chi connectivity index (χ0v) is 8.49. The van der Waals surface area contributed by atoms with E-state index in [1.807, 2.05) is 25.2 Å². The summed E-state index contributed by atoms with van der Waals surface area (Å²) in [6.07, 6.45) is 1.73. The summed E-state index contributed by atoms with van der Waals surface area (Å²) in [5.74, 6) is 0. The number of hydrogen-bond acceptors (Lipinski definition) is 3. The Morgan fingerprint density at radius 3 is 3.00 bits per heavy atom. The Morgan fingerprint density at radius 1 is 1.50 bits per heavy atom. The molecule has 14 heavy (non-hydrogen) atoms. The van der Waals surface area contributed by atoms with Gasteiger partial charge in [-0.25, -0.2) is 0 Å². The molecule has 3 heteroatoms. The van der Waals surface area contributed by atoms with Gasteiger partial charge in [0.05, 0.1) is 24.6 Å². The Labute approximate surface area is 84.8 Å². The van der Waals surface area contributed by atoms with E-state index in [9.17, 15) is 0 Å². The van der Waals surface area contributed by atoms with Gasteiger partial charge in [0, 0.05) is 6.54 Å². The lowest BCUT2D eigenvalue weighted by Gasteiger charge is -2.03. The highest BCUT2D eigenvalue weighted by atomic mass is 16.5. The third-order valence-corrected chi connectivity index (χ3v) is 1.71. The molecule has 1 heterocycles. The molecule has 0 amide bonds. The van der Waals surface area contributed by atoms with Gasteiger partial charge in [-0.05, 0) is 19.2 Å². The molecule has 1 rings (SSSR count). The molecule has 1 aromatic rings. The zero-order chi connectivity index (χ0) is 10.2. The summed E-state index contributed by atoms with van der Waals surface area (Å²) in [5, 5.41) is 3.06. The minimum atomic E-state index is 0.545. The number of aromatic nitrogens is 1. The topological polar surface area (TPSA) is 34.1 Å². The monoisotopic (exact) mass is 192 g/mol. The third kappa shape index (κ3) is 3.68. The van der Waals surface area contributed by atoms with Crippen LogP contribution in [0.3, 0.4) is 0 Å². The first kappa shape index (κ1) is 10.9. The molecule has 0 aliphatic rings. The Morgan fingerprint density at radius 2 is 2.29 bits per heavy atom. The van der Waals surface area contributed by atoms with Gasteiger partial charge in [-0.1, -0.05) is 12.1 Å². The molecular formula is C11H16N2O. The number of rotatable bonds is 6. The average Bonchev–Trinajstić information content (AvgIpc) is 2.19. The van der Waals surface area contributed by atoms with Crippen LogP contribution in [0.15, 0.2) is 30.9 Å². The smallest absolute Gasteiger partial charge is 0.0892 e. The standard InChI is InChI=1S/C11H16N2O/c1-3-7-14-9-11-6-4-5-10(13-11)8-12-2/h3-6,12H,1,7-9H2,2H3. The van der Waals surface area contributed by atoms with Crippen LogP contribution in [0.25, 0.3) is 0 Å². The predicted molar refractivity (Wildman–Crippen MR) is 56.9 cm³/mol. The largest absolute Gasteiger partial charge is 0.371 e. The highest BCUT2D eigenvalue weighted by molar-refractivity contribution is 5.10. The van der Waals surface area contributed by atoms with E-state index in [2.05, 4.69) is 16.9 Å². The zero-order valence-electron chi connectivity index (χ0n) is 8.49. The summed E-state index contributed by atoms with van der Waals surface area (Å²) in [6, 6.07) is 5.95. The van der Waals surface area contributed by atoms with Crippen LogP contribution in [0, 0.1) is 0 Å². The average molecular weight is 192 g/mol. The fourth-order valence-electron chi connectivity index (χ4n) is 1.14. The maximum atomic E-state index is 5.30. The van der Waals surface area contributed by atoms with Crippen molar-refractivity contribution in [1.82, 2.24) is 10.3 Å². The minimum absolute atomic E-state index is 0.545. The summed E-state index contributed by atoms with van der Waals surface area (Å²) in [6.45, 7) is 5.48. The molecule has 76 valence electrons. The summed E-state index contributed by atoms with van der Waals surface area (Å²) in [5.41, 5.74) is 1.99. The van der Waals surface area contributed by atoms with E-state index in [1.54, 1.807) is 6.08 Å². The van der Waals surface area contributed by atoms with E-state index >= 15 is 0 Å². The van der Waals surface area contributed by atoms with Gasteiger partial charge in [-0.15, -0.1) is 6.58 Å². The van der Waals surface area contributed by atoms with Crippen LogP contribution in [-0.4, -0.2) is 18.6 Å². The third-order valence-electron chi connectivity index (χ3n) is 1.71. The first-order valence-corrected chi connectivity index (χ1v) is 4.65. The van der Waals surface area contributed by atoms with E-state index in [4.69, 9.17) is 4.74 Å². The second-order valence-electron chi connectivity index (χ2n) is 2.95. The first-order chi connectivity index (χ1) is 6.86. The normalized spacial score (nSPS) is 10.1. The maximum Gasteiger partial charge on any atom is 0.0892 e. The molecule has 0 saturated carbocycles. The summed E-state index contributed by atoms with van der Waals surface area (Å²) >= 11 is 0. The predicted octanol–water partition coefficient (Wildman–Crippen LogP) is 1.50. The number of nitrogens with one attached hydrogen (secondary N) is 1. The molecule has 0 spiro atoms. The molecule has 0 fully saturated rings. The van der Waals surface area contributed by atoms with Crippen molar-refractivity contribution in [2.45, 2.75) is 13.2 Å². The van der Waals surface area contributed by atoms with E-state index in [1.165, 1.54) is 0 Å². The van der Waals surface area contributed by atoms with Crippen LogP contribution in [0.1, 0.15) is 11.4 Å². The van der Waals surface area contributed by atoms with Crippen molar-refractivity contribution in [3.05, 3.63) is 42.2 Å². The van der Waals surface area contributed by atoms with Gasteiger partial charge < -0.3 is 10.1 Å². The molecule has 3 nitrogen and oxygen atoms in total. The van der Waals surface area contributed by atoms with E-state index in [-0.39, 0.29) is 0 Å². The van der Waals surface area contributed by atoms with Crippen molar-refractivity contribution in [1.29, 1.82) is 0 Å². The van der Waals surface area contributed by atoms with Crippen LogP contribution in [-0.2, 0) is 17.9 Å². The van der Waals surface area contributed by atoms with Crippen molar-refractivity contribution in [2.75, 3.05) is 13.7 Å². The van der Waals surface area contributed by atoms with Crippen LogP contribution in [0.5, 0.6) is 0 Å². The molecule has 1 N–H and O–H groups in total. The van der Waals surface area contributed by atoms with E-state index in [0.29, 0.717) is 13.2 Å². The second-order valence-corrected chi connectivity index (χ2v) is 2.95. The van der Waals surface area contributed by atoms with Gasteiger partial charge in [0.15, 0.2) is 0 Å². The number of ether oxygens (including phenoxy) is 1. The van der Waals surface area contributed by atoms with Crippen molar-refractivity contribution < 1.29 is 4.74 Å². The number of pyridine rings is 1. The lowest BCUT2D eigenvalue weighted by Crippen LogP contribution is -2.08. The van der Waals surface area contributed by atoms with E-state index < -0.39 is 0 Å². The van der Waals surface area contributed by atoms with Gasteiger partial charge in [0.2, 0.25) is 0 Å². The Balaban J connectivity index is 2.50. The Bertz CT molecular complexity index is 286. The van der Waals surface area contributed by atoms with Gasteiger partial charge >= 0.3 is 0 Å². The van der Waals surface area contributed by atoms with Crippen LogP contribution in [0.2, 0.25) is 0 Å². The van der Waals surface area contributed by atoms with Gasteiger partial charge in [-0.2, -0.15) is 0 Å². The highest BCUT2D eigenvalue weighted by Gasteiger charge is 1.96. The molecule has 0 unspecified atom stereocenters. The van der Waals surface area contributed by atoms with Crippen molar-refractivity contribution in [3.8, 4) is 0 Å². The van der Waals surface area contributed by atoms with Crippen molar-refractivity contribution in [2.24, 2.45) is 0 Å². The summed E-state index contributed by atoms with van der Waals surface area (Å²) in [7, 11) is 1.91.